The minimum absolute atomic E-state index is 0.0459. The summed E-state index contributed by atoms with van der Waals surface area (Å²) in [7, 11) is 0. The molecule has 1 heterocycles. The number of aromatic nitrogens is 2. The van der Waals surface area contributed by atoms with Gasteiger partial charge in [0.15, 0.2) is 0 Å². The summed E-state index contributed by atoms with van der Waals surface area (Å²) in [5, 5.41) is 4.63. The van der Waals surface area contributed by atoms with Crippen molar-refractivity contribution in [3.05, 3.63) is 15.9 Å². The van der Waals surface area contributed by atoms with Crippen LogP contribution in [0.1, 0.15) is 52.4 Å². The van der Waals surface area contributed by atoms with Crippen LogP contribution in [-0.4, -0.2) is 28.0 Å². The van der Waals surface area contributed by atoms with Crippen molar-refractivity contribution in [2.75, 3.05) is 6.61 Å². The predicted molar refractivity (Wildman–Crippen MR) is 87.0 cm³/mol. The maximum absolute atomic E-state index is 6.44. The molecule has 0 aliphatic rings. The molecule has 1 rings (SSSR count). The number of nitrogens with zero attached hydrogens (tertiary/aromatic N) is 2. The van der Waals surface area contributed by atoms with E-state index in [0.29, 0.717) is 6.61 Å². The normalized spacial score (nSPS) is 16.1. The third-order valence-corrected chi connectivity index (χ3v) is 4.98. The van der Waals surface area contributed by atoms with Gasteiger partial charge in [-0.15, -0.1) is 0 Å². The van der Waals surface area contributed by atoms with E-state index in [2.05, 4.69) is 48.7 Å². The second-order valence-corrected chi connectivity index (χ2v) is 6.08. The first-order chi connectivity index (χ1) is 9.43. The number of rotatable bonds is 8. The topological polar surface area (TPSA) is 53.1 Å². The molecule has 2 unspecified atom stereocenters. The number of ether oxygens (including phenoxy) is 1. The van der Waals surface area contributed by atoms with Gasteiger partial charge in [0.2, 0.25) is 0 Å². The quantitative estimate of drug-likeness (QED) is 0.786. The van der Waals surface area contributed by atoms with E-state index in [1.165, 1.54) is 5.69 Å². The van der Waals surface area contributed by atoms with E-state index in [1.54, 1.807) is 0 Å². The van der Waals surface area contributed by atoms with Crippen LogP contribution >= 0.6 is 15.9 Å². The third-order valence-electron chi connectivity index (χ3n) is 4.07. The van der Waals surface area contributed by atoms with Crippen LogP contribution in [0, 0.1) is 0 Å². The maximum Gasteiger partial charge on any atom is 0.0805 e. The molecule has 0 aromatic carbocycles. The summed E-state index contributed by atoms with van der Waals surface area (Å²) >= 11 is 3.68. The molecule has 0 bridgehead atoms. The highest BCUT2D eigenvalue weighted by Crippen LogP contribution is 2.27. The van der Waals surface area contributed by atoms with Crippen molar-refractivity contribution >= 4 is 15.9 Å². The summed E-state index contributed by atoms with van der Waals surface area (Å²) in [6.07, 6.45) is 2.60. The van der Waals surface area contributed by atoms with Crippen molar-refractivity contribution in [1.29, 1.82) is 0 Å². The van der Waals surface area contributed by atoms with Crippen molar-refractivity contribution < 1.29 is 4.74 Å². The minimum atomic E-state index is -0.288. The molecular weight excluding hydrogens is 318 g/mol. The average Bonchev–Trinajstić information content (AvgIpc) is 2.75. The first kappa shape index (κ1) is 17.7. The van der Waals surface area contributed by atoms with Gasteiger partial charge in [0.1, 0.15) is 0 Å². The Bertz CT molecular complexity index is 433. The number of hydrogen-bond donors (Lipinski definition) is 1. The molecule has 20 heavy (non-hydrogen) atoms. The lowest BCUT2D eigenvalue weighted by Gasteiger charge is -2.34. The van der Waals surface area contributed by atoms with Crippen LogP contribution in [0.4, 0.5) is 0 Å². The Morgan fingerprint density at radius 3 is 2.45 bits per heavy atom. The number of hydrogen-bond acceptors (Lipinski definition) is 3. The molecule has 0 saturated carbocycles. The minimum Gasteiger partial charge on any atom is -0.374 e. The van der Waals surface area contributed by atoms with Crippen molar-refractivity contribution in [3.8, 4) is 0 Å². The predicted octanol–water partition coefficient (Wildman–Crippen LogP) is 3.30. The highest BCUT2D eigenvalue weighted by atomic mass is 79.9. The van der Waals surface area contributed by atoms with Gasteiger partial charge in [0, 0.05) is 25.6 Å². The lowest BCUT2D eigenvalue weighted by Crippen LogP contribution is -2.49. The molecule has 0 aliphatic heterocycles. The number of halogens is 1. The average molecular weight is 346 g/mol. The van der Waals surface area contributed by atoms with Gasteiger partial charge >= 0.3 is 0 Å². The molecule has 0 aliphatic carbocycles. The van der Waals surface area contributed by atoms with Gasteiger partial charge in [-0.1, -0.05) is 13.8 Å². The molecule has 116 valence electrons. The van der Waals surface area contributed by atoms with Crippen LogP contribution < -0.4 is 5.73 Å². The zero-order valence-corrected chi connectivity index (χ0v) is 15.0. The molecule has 2 N–H and O–H groups in total. The van der Waals surface area contributed by atoms with Crippen LogP contribution in [0.2, 0.25) is 0 Å². The van der Waals surface area contributed by atoms with Crippen LogP contribution in [0.25, 0.3) is 0 Å². The maximum atomic E-state index is 6.44. The fourth-order valence-corrected chi connectivity index (χ4v) is 3.16. The van der Waals surface area contributed by atoms with Gasteiger partial charge in [-0.05, 0) is 49.5 Å². The largest absolute Gasteiger partial charge is 0.374 e. The zero-order valence-electron chi connectivity index (χ0n) is 13.4. The lowest BCUT2D eigenvalue weighted by atomic mass is 9.90. The molecule has 1 aromatic rings. The zero-order chi connectivity index (χ0) is 15.3. The molecule has 2 atom stereocenters. The summed E-state index contributed by atoms with van der Waals surface area (Å²) < 4.78 is 9.04. The van der Waals surface area contributed by atoms with Crippen LogP contribution in [0.3, 0.4) is 0 Å². The molecular formula is C15H28BrN3O. The van der Waals surface area contributed by atoms with Crippen molar-refractivity contribution in [2.45, 2.75) is 72.1 Å². The van der Waals surface area contributed by atoms with E-state index in [4.69, 9.17) is 10.5 Å². The molecule has 0 radical (unpaired) electrons. The SMILES string of the molecule is CCOC(C)(CC)C(N)Cc1c(Br)c(CC)nn1CC. The number of nitrogens with two attached hydrogens (primary N) is 1. The highest BCUT2D eigenvalue weighted by molar-refractivity contribution is 9.10. The fraction of sp³-hybridized carbons (Fsp3) is 0.800. The first-order valence-electron chi connectivity index (χ1n) is 7.56. The molecule has 4 nitrogen and oxygen atoms in total. The van der Waals surface area contributed by atoms with Crippen molar-refractivity contribution in [1.82, 2.24) is 9.78 Å². The monoisotopic (exact) mass is 345 g/mol. The molecule has 1 aromatic heterocycles. The Morgan fingerprint density at radius 2 is 2.00 bits per heavy atom. The van der Waals surface area contributed by atoms with Gasteiger partial charge in [0.05, 0.1) is 21.5 Å². The molecule has 0 fully saturated rings. The summed E-state index contributed by atoms with van der Waals surface area (Å²) in [6.45, 7) is 12.0. The van der Waals surface area contributed by atoms with E-state index >= 15 is 0 Å². The van der Waals surface area contributed by atoms with Gasteiger partial charge in [-0.25, -0.2) is 0 Å². The summed E-state index contributed by atoms with van der Waals surface area (Å²) in [6, 6.07) is -0.0459. The standard InChI is InChI=1S/C15H28BrN3O/c1-6-11-14(16)12(19(8-3)18-11)10-13(17)15(5,7-2)20-9-4/h13H,6-10,17H2,1-5H3. The molecule has 0 spiro atoms. The Kier molecular flexibility index (Phi) is 6.69. The van der Waals surface area contributed by atoms with E-state index in [-0.39, 0.29) is 11.6 Å². The van der Waals surface area contributed by atoms with Crippen molar-refractivity contribution in [2.24, 2.45) is 5.73 Å². The Labute approximate surface area is 131 Å². The van der Waals surface area contributed by atoms with Gasteiger partial charge in [-0.2, -0.15) is 5.10 Å². The molecule has 5 heteroatoms. The van der Waals surface area contributed by atoms with Gasteiger partial charge in [-0.3, -0.25) is 4.68 Å². The van der Waals surface area contributed by atoms with Gasteiger partial charge in [0.25, 0.3) is 0 Å². The molecule has 0 amide bonds. The summed E-state index contributed by atoms with van der Waals surface area (Å²) in [4.78, 5) is 0. The van der Waals surface area contributed by atoms with Crippen LogP contribution in [-0.2, 0) is 24.1 Å². The Hall–Kier alpha value is -0.390. The van der Waals surface area contributed by atoms with E-state index in [1.807, 2.05) is 11.6 Å². The molecule has 0 saturated heterocycles. The van der Waals surface area contributed by atoms with Crippen LogP contribution in [0.5, 0.6) is 0 Å². The second-order valence-electron chi connectivity index (χ2n) is 5.29. The highest BCUT2D eigenvalue weighted by Gasteiger charge is 2.32. The Morgan fingerprint density at radius 1 is 1.35 bits per heavy atom. The van der Waals surface area contributed by atoms with Crippen LogP contribution in [0.15, 0.2) is 4.47 Å². The van der Waals surface area contributed by atoms with Crippen molar-refractivity contribution in [3.63, 3.8) is 0 Å². The smallest absolute Gasteiger partial charge is 0.0805 e. The fourth-order valence-electron chi connectivity index (χ4n) is 2.44. The second kappa shape index (κ2) is 7.57. The van der Waals surface area contributed by atoms with E-state index in [0.717, 1.165) is 36.0 Å². The third kappa shape index (κ3) is 3.62. The first-order valence-corrected chi connectivity index (χ1v) is 8.36. The Balaban J connectivity index is 3.00. The number of aryl methyl sites for hydroxylation is 2. The van der Waals surface area contributed by atoms with E-state index in [9.17, 15) is 0 Å². The lowest BCUT2D eigenvalue weighted by molar-refractivity contribution is -0.0465. The van der Waals surface area contributed by atoms with E-state index < -0.39 is 0 Å². The van der Waals surface area contributed by atoms with Gasteiger partial charge < -0.3 is 10.5 Å². The summed E-state index contributed by atoms with van der Waals surface area (Å²) in [5.74, 6) is 0. The summed E-state index contributed by atoms with van der Waals surface area (Å²) in [5.41, 5.74) is 8.43.